The van der Waals surface area contributed by atoms with Crippen LogP contribution in [0.2, 0.25) is 0 Å². The molecule has 0 aromatic rings. The van der Waals surface area contributed by atoms with E-state index in [0.717, 1.165) is 13.1 Å². The summed E-state index contributed by atoms with van der Waals surface area (Å²) in [6.45, 7) is 9.18. The van der Waals surface area contributed by atoms with Gasteiger partial charge in [0.1, 0.15) is 5.54 Å². The Bertz CT molecular complexity index is 297. The highest BCUT2D eigenvalue weighted by Crippen LogP contribution is 2.16. The highest BCUT2D eigenvalue weighted by molar-refractivity contribution is 5.06. The third-order valence-electron chi connectivity index (χ3n) is 3.63. The number of hydrogen-bond acceptors (Lipinski definition) is 4. The van der Waals surface area contributed by atoms with Crippen molar-refractivity contribution >= 4 is 0 Å². The molecule has 1 saturated heterocycles. The molecule has 0 aliphatic carbocycles. The number of likely N-dealkylation sites (N-methyl/N-ethyl adjacent to an activating group) is 2. The van der Waals surface area contributed by atoms with Gasteiger partial charge in [0.15, 0.2) is 0 Å². The van der Waals surface area contributed by atoms with E-state index in [1.54, 1.807) is 0 Å². The monoisotopic (exact) mass is 252 g/mol. The Morgan fingerprint density at radius 2 is 2.22 bits per heavy atom. The third-order valence-corrected chi connectivity index (χ3v) is 3.63. The average molecular weight is 252 g/mol. The SMILES string of the molecule is CC(C)NC(C)(C#N)CN(C)CC1CCCN1C. The van der Waals surface area contributed by atoms with Crippen LogP contribution in [0.25, 0.3) is 0 Å². The first-order valence-electron chi connectivity index (χ1n) is 6.94. The fourth-order valence-electron chi connectivity index (χ4n) is 2.92. The number of nitrogens with one attached hydrogen (secondary N) is 1. The Morgan fingerprint density at radius 3 is 2.67 bits per heavy atom. The molecular weight excluding hydrogens is 224 g/mol. The molecule has 0 bridgehead atoms. The molecule has 1 heterocycles. The van der Waals surface area contributed by atoms with E-state index in [2.05, 4.69) is 49.1 Å². The second kappa shape index (κ2) is 6.51. The van der Waals surface area contributed by atoms with Gasteiger partial charge >= 0.3 is 0 Å². The Labute approximate surface area is 112 Å². The summed E-state index contributed by atoms with van der Waals surface area (Å²) in [6.07, 6.45) is 2.58. The molecule has 1 aliphatic rings. The van der Waals surface area contributed by atoms with Gasteiger partial charge in [-0.1, -0.05) is 0 Å². The Kier molecular flexibility index (Phi) is 5.58. The molecular formula is C14H28N4. The number of nitrogens with zero attached hydrogens (tertiary/aromatic N) is 3. The second-order valence-corrected chi connectivity index (χ2v) is 6.22. The first-order chi connectivity index (χ1) is 8.36. The van der Waals surface area contributed by atoms with Crippen LogP contribution in [0, 0.1) is 11.3 Å². The number of nitriles is 1. The van der Waals surface area contributed by atoms with E-state index >= 15 is 0 Å². The van der Waals surface area contributed by atoms with Crippen LogP contribution < -0.4 is 5.32 Å². The fourth-order valence-corrected chi connectivity index (χ4v) is 2.92. The van der Waals surface area contributed by atoms with Crippen LogP contribution in [0.3, 0.4) is 0 Å². The van der Waals surface area contributed by atoms with Gasteiger partial charge in [-0.15, -0.1) is 0 Å². The van der Waals surface area contributed by atoms with Gasteiger partial charge in [-0.05, 0) is 54.3 Å². The van der Waals surface area contributed by atoms with Crippen molar-refractivity contribution in [3.8, 4) is 6.07 Å². The Hall–Kier alpha value is -0.630. The van der Waals surface area contributed by atoms with Crippen molar-refractivity contribution in [1.29, 1.82) is 5.26 Å². The van der Waals surface area contributed by atoms with Crippen molar-refractivity contribution < 1.29 is 0 Å². The number of hydrogen-bond donors (Lipinski definition) is 1. The van der Waals surface area contributed by atoms with Crippen LogP contribution in [-0.2, 0) is 0 Å². The first-order valence-corrected chi connectivity index (χ1v) is 6.94. The lowest BCUT2D eigenvalue weighted by molar-refractivity contribution is 0.190. The fraction of sp³-hybridized carbons (Fsp3) is 0.929. The van der Waals surface area contributed by atoms with Crippen LogP contribution in [0.5, 0.6) is 0 Å². The number of likely N-dealkylation sites (tertiary alicyclic amines) is 1. The molecule has 0 aromatic heterocycles. The molecule has 4 heteroatoms. The summed E-state index contributed by atoms with van der Waals surface area (Å²) >= 11 is 0. The van der Waals surface area contributed by atoms with Gasteiger partial charge < -0.3 is 9.80 Å². The Balaban J connectivity index is 2.47. The lowest BCUT2D eigenvalue weighted by Gasteiger charge is -2.33. The average Bonchev–Trinajstić information content (AvgIpc) is 2.63. The van der Waals surface area contributed by atoms with Gasteiger partial charge in [0.05, 0.1) is 6.07 Å². The molecule has 18 heavy (non-hydrogen) atoms. The zero-order valence-corrected chi connectivity index (χ0v) is 12.5. The summed E-state index contributed by atoms with van der Waals surface area (Å²) in [5, 5.41) is 12.7. The zero-order valence-electron chi connectivity index (χ0n) is 12.5. The Morgan fingerprint density at radius 1 is 1.56 bits per heavy atom. The normalized spacial score (nSPS) is 24.4. The molecule has 0 radical (unpaired) electrons. The van der Waals surface area contributed by atoms with Crippen molar-refractivity contribution in [2.75, 3.05) is 33.7 Å². The highest BCUT2D eigenvalue weighted by Gasteiger charge is 2.28. The van der Waals surface area contributed by atoms with Crippen molar-refractivity contribution in [2.45, 2.75) is 51.2 Å². The van der Waals surface area contributed by atoms with Crippen LogP contribution >= 0.6 is 0 Å². The van der Waals surface area contributed by atoms with Gasteiger partial charge in [-0.25, -0.2) is 0 Å². The standard InChI is InChI=1S/C14H28N4/c1-12(2)16-14(3,10-15)11-17(4)9-13-7-6-8-18(13)5/h12-13,16H,6-9,11H2,1-5H3. The van der Waals surface area contributed by atoms with E-state index in [1.807, 2.05) is 6.92 Å². The van der Waals surface area contributed by atoms with E-state index < -0.39 is 5.54 Å². The maximum absolute atomic E-state index is 9.35. The third kappa shape index (κ3) is 4.56. The van der Waals surface area contributed by atoms with Crippen LogP contribution in [0.1, 0.15) is 33.6 Å². The minimum absolute atomic E-state index is 0.331. The van der Waals surface area contributed by atoms with Crippen LogP contribution in [0.4, 0.5) is 0 Å². The summed E-state index contributed by atoms with van der Waals surface area (Å²) in [6, 6.07) is 3.39. The van der Waals surface area contributed by atoms with Gasteiger partial charge in [-0.3, -0.25) is 5.32 Å². The van der Waals surface area contributed by atoms with Gasteiger partial charge in [0.25, 0.3) is 0 Å². The van der Waals surface area contributed by atoms with Crippen LogP contribution in [-0.4, -0.2) is 61.2 Å². The predicted molar refractivity (Wildman–Crippen MR) is 75.4 cm³/mol. The van der Waals surface area contributed by atoms with E-state index in [9.17, 15) is 5.26 Å². The maximum atomic E-state index is 9.35. The molecule has 1 fully saturated rings. The van der Waals surface area contributed by atoms with Gasteiger partial charge in [-0.2, -0.15) is 5.26 Å². The smallest absolute Gasteiger partial charge is 0.116 e. The topological polar surface area (TPSA) is 42.3 Å². The molecule has 1 N–H and O–H groups in total. The first kappa shape index (κ1) is 15.4. The van der Waals surface area contributed by atoms with E-state index in [4.69, 9.17) is 0 Å². The molecule has 0 aromatic carbocycles. The lowest BCUT2D eigenvalue weighted by Crippen LogP contribution is -2.53. The summed E-state index contributed by atoms with van der Waals surface area (Å²) < 4.78 is 0. The predicted octanol–water partition coefficient (Wildman–Crippen LogP) is 1.29. The van der Waals surface area contributed by atoms with Crippen molar-refractivity contribution in [2.24, 2.45) is 0 Å². The summed E-state index contributed by atoms with van der Waals surface area (Å²) in [4.78, 5) is 4.71. The molecule has 104 valence electrons. The van der Waals surface area contributed by atoms with Gasteiger partial charge in [0.2, 0.25) is 0 Å². The second-order valence-electron chi connectivity index (χ2n) is 6.22. The molecule has 1 aliphatic heterocycles. The quantitative estimate of drug-likeness (QED) is 0.773. The van der Waals surface area contributed by atoms with Gasteiger partial charge in [0, 0.05) is 25.2 Å². The summed E-state index contributed by atoms with van der Waals surface area (Å²) in [7, 11) is 4.31. The zero-order chi connectivity index (χ0) is 13.8. The van der Waals surface area contributed by atoms with Crippen molar-refractivity contribution in [3.63, 3.8) is 0 Å². The highest BCUT2D eigenvalue weighted by atomic mass is 15.2. The van der Waals surface area contributed by atoms with Crippen molar-refractivity contribution in [3.05, 3.63) is 0 Å². The molecule has 1 rings (SSSR count). The minimum atomic E-state index is -0.458. The summed E-state index contributed by atoms with van der Waals surface area (Å²) in [5.74, 6) is 0. The molecule has 0 spiro atoms. The van der Waals surface area contributed by atoms with Crippen LogP contribution in [0.15, 0.2) is 0 Å². The molecule has 0 amide bonds. The minimum Gasteiger partial charge on any atom is -0.302 e. The van der Waals surface area contributed by atoms with E-state index in [0.29, 0.717) is 12.1 Å². The summed E-state index contributed by atoms with van der Waals surface area (Å²) in [5.41, 5.74) is -0.458. The molecule has 4 nitrogen and oxygen atoms in total. The molecule has 2 atom stereocenters. The maximum Gasteiger partial charge on any atom is 0.116 e. The molecule has 0 saturated carbocycles. The van der Waals surface area contributed by atoms with Crippen molar-refractivity contribution in [1.82, 2.24) is 15.1 Å². The largest absolute Gasteiger partial charge is 0.302 e. The van der Waals surface area contributed by atoms with E-state index in [-0.39, 0.29) is 0 Å². The van der Waals surface area contributed by atoms with E-state index in [1.165, 1.54) is 19.4 Å². The molecule has 2 unspecified atom stereocenters. The number of rotatable bonds is 6. The lowest BCUT2D eigenvalue weighted by atomic mass is 10.0.